The van der Waals surface area contributed by atoms with Gasteiger partial charge in [0.05, 0.1) is 30.3 Å². The summed E-state index contributed by atoms with van der Waals surface area (Å²) in [7, 11) is 1.59. The maximum absolute atomic E-state index is 14.2. The van der Waals surface area contributed by atoms with Crippen LogP contribution in [0.25, 0.3) is 0 Å². The van der Waals surface area contributed by atoms with Crippen LogP contribution < -0.4 is 14.5 Å². The molecule has 1 spiro atoms. The number of methoxy groups -OCH3 is 1. The molecular formula is C29H29N3O5S. The van der Waals surface area contributed by atoms with Gasteiger partial charge in [-0.25, -0.2) is 0 Å². The molecule has 4 aliphatic rings. The van der Waals surface area contributed by atoms with Gasteiger partial charge in [0.15, 0.2) is 0 Å². The normalized spacial score (nSPS) is 30.2. The molecule has 1 N–H and O–H groups in total. The zero-order valence-electron chi connectivity index (χ0n) is 21.0. The molecule has 2 aromatic carbocycles. The maximum Gasteiger partial charge on any atom is 0.251 e. The van der Waals surface area contributed by atoms with Gasteiger partial charge in [-0.2, -0.15) is 0 Å². The van der Waals surface area contributed by atoms with Gasteiger partial charge in [0, 0.05) is 36.3 Å². The zero-order chi connectivity index (χ0) is 26.4. The van der Waals surface area contributed by atoms with Crippen LogP contribution in [-0.2, 0) is 14.4 Å². The van der Waals surface area contributed by atoms with Gasteiger partial charge >= 0.3 is 0 Å². The molecule has 5 atom stereocenters. The van der Waals surface area contributed by atoms with E-state index in [4.69, 9.17) is 4.74 Å². The van der Waals surface area contributed by atoms with Crippen molar-refractivity contribution in [1.29, 1.82) is 0 Å². The second-order valence-electron chi connectivity index (χ2n) is 9.86. The molecule has 2 aromatic rings. The molecule has 0 aliphatic carbocycles. The third-order valence-electron chi connectivity index (χ3n) is 7.95. The number of aliphatic hydroxyl groups excluding tert-OH is 1. The molecule has 0 radical (unpaired) electrons. The van der Waals surface area contributed by atoms with Crippen molar-refractivity contribution < 1.29 is 24.2 Å². The molecule has 9 heteroatoms. The fraction of sp³-hybridized carbons (Fsp3) is 0.345. The minimum absolute atomic E-state index is 0.0299. The van der Waals surface area contributed by atoms with E-state index >= 15 is 0 Å². The summed E-state index contributed by atoms with van der Waals surface area (Å²) >= 11 is 1.53. The lowest BCUT2D eigenvalue weighted by Gasteiger charge is -2.35. The smallest absolute Gasteiger partial charge is 0.251 e. The van der Waals surface area contributed by atoms with Crippen molar-refractivity contribution in [2.75, 3.05) is 43.2 Å². The van der Waals surface area contributed by atoms with Crippen molar-refractivity contribution >= 4 is 40.9 Å². The van der Waals surface area contributed by atoms with Gasteiger partial charge in [-0.1, -0.05) is 42.5 Å². The number of likely N-dealkylation sites (tertiary alicyclic amines) is 1. The highest BCUT2D eigenvalue weighted by Crippen LogP contribution is 2.61. The molecule has 1 unspecified atom stereocenters. The Morgan fingerprint density at radius 3 is 2.32 bits per heavy atom. The lowest BCUT2D eigenvalue weighted by molar-refractivity contribution is -0.139. The highest BCUT2D eigenvalue weighted by Gasteiger charge is 2.71. The van der Waals surface area contributed by atoms with Crippen molar-refractivity contribution in [3.63, 3.8) is 0 Å². The van der Waals surface area contributed by atoms with Crippen LogP contribution in [0.15, 0.2) is 78.9 Å². The first-order valence-electron chi connectivity index (χ1n) is 12.8. The van der Waals surface area contributed by atoms with Gasteiger partial charge in [-0.05, 0) is 36.4 Å². The summed E-state index contributed by atoms with van der Waals surface area (Å²) in [4.78, 5) is 47.3. The van der Waals surface area contributed by atoms with Crippen LogP contribution in [0.5, 0.6) is 5.75 Å². The fourth-order valence-corrected chi connectivity index (χ4v) is 8.33. The summed E-state index contributed by atoms with van der Waals surface area (Å²) in [5, 5.41) is 9.63. The van der Waals surface area contributed by atoms with Gasteiger partial charge in [0.2, 0.25) is 11.8 Å². The van der Waals surface area contributed by atoms with E-state index in [1.165, 1.54) is 16.7 Å². The van der Waals surface area contributed by atoms with E-state index in [1.807, 2.05) is 66.8 Å². The first-order valence-corrected chi connectivity index (χ1v) is 13.6. The van der Waals surface area contributed by atoms with E-state index in [0.29, 0.717) is 24.5 Å². The quantitative estimate of drug-likeness (QED) is 0.597. The van der Waals surface area contributed by atoms with E-state index in [2.05, 4.69) is 0 Å². The zero-order valence-corrected chi connectivity index (χ0v) is 21.8. The molecule has 2 saturated heterocycles. The van der Waals surface area contributed by atoms with E-state index < -0.39 is 22.6 Å². The van der Waals surface area contributed by atoms with Crippen LogP contribution in [0, 0.1) is 11.8 Å². The number of benzene rings is 2. The van der Waals surface area contributed by atoms with Crippen molar-refractivity contribution in [2.24, 2.45) is 11.8 Å². The SMILES string of the molecule is COc1ccc(N2CC=C[C@]34S[C@@H]5C=CCN(c6ccccc6)C(=O)[C@@H]5[C@H]3C(=O)N(CCO)C4C2=O)cc1. The molecule has 0 bridgehead atoms. The Morgan fingerprint density at radius 2 is 1.61 bits per heavy atom. The van der Waals surface area contributed by atoms with Crippen LogP contribution in [0.1, 0.15) is 0 Å². The summed E-state index contributed by atoms with van der Waals surface area (Å²) in [6.07, 6.45) is 7.92. The predicted octanol–water partition coefficient (Wildman–Crippen LogP) is 2.49. The topological polar surface area (TPSA) is 90.4 Å². The lowest BCUT2D eigenvalue weighted by Crippen LogP contribution is -2.53. The van der Waals surface area contributed by atoms with Gasteiger partial charge in [0.1, 0.15) is 11.8 Å². The Labute approximate surface area is 225 Å². The fourth-order valence-electron chi connectivity index (χ4n) is 6.32. The molecule has 8 nitrogen and oxygen atoms in total. The highest BCUT2D eigenvalue weighted by atomic mass is 32.2. The predicted molar refractivity (Wildman–Crippen MR) is 146 cm³/mol. The summed E-state index contributed by atoms with van der Waals surface area (Å²) in [5.41, 5.74) is 1.47. The van der Waals surface area contributed by atoms with E-state index in [-0.39, 0.29) is 36.1 Å². The number of ether oxygens (including phenoxy) is 1. The van der Waals surface area contributed by atoms with Crippen LogP contribution in [0.2, 0.25) is 0 Å². The average molecular weight is 532 g/mol. The number of thioether (sulfide) groups is 1. The Morgan fingerprint density at radius 1 is 0.921 bits per heavy atom. The number of nitrogens with zero attached hydrogens (tertiary/aromatic N) is 3. The largest absolute Gasteiger partial charge is 0.497 e. The van der Waals surface area contributed by atoms with E-state index in [0.717, 1.165) is 5.69 Å². The molecule has 0 saturated carbocycles. The minimum atomic E-state index is -0.917. The summed E-state index contributed by atoms with van der Waals surface area (Å²) < 4.78 is 4.35. The van der Waals surface area contributed by atoms with Crippen LogP contribution >= 0.6 is 11.8 Å². The number of β-amino-alcohol motifs (C(OH)–C–C–N with tert-alkyl or cyclic N) is 1. The Bertz CT molecular complexity index is 1310. The molecule has 4 heterocycles. The second-order valence-corrected chi connectivity index (χ2v) is 11.3. The highest BCUT2D eigenvalue weighted by molar-refractivity contribution is 8.02. The number of carbonyl (C=O) groups excluding carboxylic acids is 3. The van der Waals surface area contributed by atoms with Gasteiger partial charge in [0.25, 0.3) is 5.91 Å². The van der Waals surface area contributed by atoms with Crippen molar-refractivity contribution in [1.82, 2.24) is 4.90 Å². The number of carbonyl (C=O) groups is 3. The number of rotatable bonds is 5. The third kappa shape index (κ3) is 3.67. The molecular weight excluding hydrogens is 502 g/mol. The number of fused-ring (bicyclic) bond motifs is 2. The van der Waals surface area contributed by atoms with E-state index in [9.17, 15) is 19.5 Å². The molecule has 38 heavy (non-hydrogen) atoms. The van der Waals surface area contributed by atoms with E-state index in [1.54, 1.807) is 29.0 Å². The first-order chi connectivity index (χ1) is 18.5. The standard InChI is InChI=1S/C29H29N3O5S/c1-37-21-12-10-20(11-13-21)31-16-6-14-29-24(27(35)32(17-18-33)25(29)28(31)36)23-22(38-29)9-5-15-30(26(23)34)19-7-3-2-4-8-19/h2-14,22-25,33H,15-18H2,1H3/t22-,23+,24+,25?,29+/m1/s1. The summed E-state index contributed by atoms with van der Waals surface area (Å²) in [6, 6.07) is 15.9. The Balaban J connectivity index is 1.42. The van der Waals surface area contributed by atoms with Gasteiger partial charge in [-0.3, -0.25) is 14.4 Å². The molecule has 196 valence electrons. The van der Waals surface area contributed by atoms with Gasteiger partial charge in [-0.15, -0.1) is 11.8 Å². The first kappa shape index (κ1) is 24.8. The summed E-state index contributed by atoms with van der Waals surface area (Å²) in [5.74, 6) is -1.24. The number of aliphatic hydroxyl groups is 1. The number of anilines is 2. The Kier molecular flexibility index (Phi) is 6.28. The molecule has 3 amide bonds. The number of amides is 3. The second kappa shape index (κ2) is 9.63. The molecule has 0 aromatic heterocycles. The van der Waals surface area contributed by atoms with Crippen LogP contribution in [-0.4, -0.2) is 77.1 Å². The van der Waals surface area contributed by atoms with Gasteiger partial charge < -0.3 is 24.5 Å². The van der Waals surface area contributed by atoms with Crippen molar-refractivity contribution in [2.45, 2.75) is 16.0 Å². The minimum Gasteiger partial charge on any atom is -0.497 e. The van der Waals surface area contributed by atoms with Crippen LogP contribution in [0.3, 0.4) is 0 Å². The Hall–Kier alpha value is -3.56. The maximum atomic E-state index is 14.2. The van der Waals surface area contributed by atoms with Crippen LogP contribution in [0.4, 0.5) is 11.4 Å². The number of para-hydroxylation sites is 1. The number of hydrogen-bond donors (Lipinski definition) is 1. The average Bonchev–Trinajstić information content (AvgIpc) is 3.24. The molecule has 4 aliphatic heterocycles. The monoisotopic (exact) mass is 531 g/mol. The number of hydrogen-bond acceptors (Lipinski definition) is 6. The van der Waals surface area contributed by atoms with Crippen molar-refractivity contribution in [3.05, 3.63) is 78.9 Å². The lowest BCUT2D eigenvalue weighted by atomic mass is 9.78. The molecule has 2 fully saturated rings. The third-order valence-corrected chi connectivity index (χ3v) is 9.70. The van der Waals surface area contributed by atoms with Crippen molar-refractivity contribution in [3.8, 4) is 5.75 Å². The molecule has 6 rings (SSSR count). The summed E-state index contributed by atoms with van der Waals surface area (Å²) in [6.45, 7) is 0.525.